The van der Waals surface area contributed by atoms with Crippen LogP contribution in [-0.4, -0.2) is 23.1 Å². The van der Waals surface area contributed by atoms with Crippen molar-refractivity contribution in [1.29, 1.82) is 0 Å². The molecule has 0 saturated carbocycles. The third kappa shape index (κ3) is 31.7. The minimum Gasteiger partial charge on any atom is -0.300 e. The molecule has 0 saturated heterocycles. The molecule has 0 rings (SSSR count). The van der Waals surface area contributed by atoms with Gasteiger partial charge in [0.1, 0.15) is 23.1 Å². The van der Waals surface area contributed by atoms with Crippen LogP contribution in [-0.2, 0) is 45.4 Å². The molecule has 5 heteroatoms. The monoisotopic (exact) mass is 290 g/mol. The van der Waals surface area contributed by atoms with E-state index < -0.39 is 0 Å². The third-order valence-corrected chi connectivity index (χ3v) is 0.996. The van der Waals surface area contributed by atoms with Crippen molar-refractivity contribution in [3.63, 3.8) is 0 Å². The molecule has 15 heavy (non-hydrogen) atoms. The molecule has 0 N–H and O–H groups in total. The van der Waals surface area contributed by atoms with E-state index in [1.807, 2.05) is 0 Å². The first-order valence-corrected chi connectivity index (χ1v) is 4.23. The Hall–Kier alpha value is -0.437. The first-order valence-electron chi connectivity index (χ1n) is 4.23. The van der Waals surface area contributed by atoms with Gasteiger partial charge in [0.15, 0.2) is 0 Å². The van der Waals surface area contributed by atoms with E-state index in [0.717, 1.165) is 0 Å². The molecule has 0 aliphatic heterocycles. The van der Waals surface area contributed by atoms with Gasteiger partial charge in [-0.25, -0.2) is 0 Å². The van der Waals surface area contributed by atoms with Gasteiger partial charge >= 0.3 is 26.2 Å². The number of ketones is 4. The Morgan fingerprint density at radius 1 is 0.600 bits per heavy atom. The number of carbonyl (C=O) groups is 4. The molecule has 0 aromatic carbocycles. The summed E-state index contributed by atoms with van der Waals surface area (Å²) in [6, 6.07) is 0. The normalized spacial score (nSPS) is 7.73. The van der Waals surface area contributed by atoms with E-state index in [4.69, 9.17) is 0 Å². The molecule has 0 unspecified atom stereocenters. The summed E-state index contributed by atoms with van der Waals surface area (Å²) >= 11 is 0. The molecule has 0 aromatic rings. The van der Waals surface area contributed by atoms with E-state index in [0.29, 0.717) is 0 Å². The molecular formula is C10H16O4Zr+4. The fraction of sp³-hybridized carbons (Fsp3) is 0.600. The zero-order chi connectivity index (χ0) is 11.7. The van der Waals surface area contributed by atoms with Crippen LogP contribution in [0.25, 0.3) is 0 Å². The van der Waals surface area contributed by atoms with Crippen molar-refractivity contribution < 1.29 is 45.4 Å². The summed E-state index contributed by atoms with van der Waals surface area (Å²) in [5.41, 5.74) is 0. The number of hydrogen-bond donors (Lipinski definition) is 0. The van der Waals surface area contributed by atoms with Gasteiger partial charge in [0, 0.05) is 0 Å². The first kappa shape index (κ1) is 20.0. The van der Waals surface area contributed by atoms with Gasteiger partial charge in [-0.3, -0.25) is 19.2 Å². The van der Waals surface area contributed by atoms with E-state index >= 15 is 0 Å². The Balaban J connectivity index is -0.000000180. The Morgan fingerprint density at radius 2 is 0.733 bits per heavy atom. The Labute approximate surface area is 109 Å². The second-order valence-electron chi connectivity index (χ2n) is 3.16. The molecule has 0 aliphatic carbocycles. The van der Waals surface area contributed by atoms with Crippen molar-refractivity contribution in [3.8, 4) is 0 Å². The summed E-state index contributed by atoms with van der Waals surface area (Å²) < 4.78 is 0. The average molecular weight is 291 g/mol. The zero-order valence-electron chi connectivity index (χ0n) is 9.55. The second-order valence-corrected chi connectivity index (χ2v) is 3.16. The van der Waals surface area contributed by atoms with Gasteiger partial charge in [-0.1, -0.05) is 0 Å². The summed E-state index contributed by atoms with van der Waals surface area (Å²) in [7, 11) is 0. The molecule has 0 aliphatic rings. The SMILES string of the molecule is CC(=O)CC(C)=O.CC(=O)CC(C)=O.[Zr+4]. The van der Waals surface area contributed by atoms with Crippen LogP contribution in [0, 0.1) is 0 Å². The van der Waals surface area contributed by atoms with Gasteiger partial charge in [0.25, 0.3) is 0 Å². The number of Topliss-reactive ketones (excluding diaryl/α,β-unsaturated/α-hetero) is 4. The van der Waals surface area contributed by atoms with Crippen LogP contribution >= 0.6 is 0 Å². The third-order valence-electron chi connectivity index (χ3n) is 0.996. The van der Waals surface area contributed by atoms with Gasteiger partial charge in [-0.2, -0.15) is 0 Å². The number of rotatable bonds is 4. The van der Waals surface area contributed by atoms with E-state index in [1.54, 1.807) is 0 Å². The molecule has 0 atom stereocenters. The van der Waals surface area contributed by atoms with Crippen molar-refractivity contribution in [2.24, 2.45) is 0 Å². The quantitative estimate of drug-likeness (QED) is 0.728. The standard InChI is InChI=1S/2C5H8O2.Zr/c2*1-4(6)3-5(2)7;/h2*3H2,1-2H3;/q;;+4. The molecule has 0 radical (unpaired) electrons. The van der Waals surface area contributed by atoms with Crippen molar-refractivity contribution in [2.45, 2.75) is 40.5 Å². The van der Waals surface area contributed by atoms with E-state index in [-0.39, 0.29) is 62.2 Å². The first-order chi connectivity index (χ1) is 6.25. The Kier molecular flexibility index (Phi) is 15.5. The van der Waals surface area contributed by atoms with Crippen LogP contribution in [0.5, 0.6) is 0 Å². The molecule has 0 heterocycles. The van der Waals surface area contributed by atoms with Gasteiger partial charge in [0.2, 0.25) is 0 Å². The molecular weight excluding hydrogens is 275 g/mol. The largest absolute Gasteiger partial charge is 4.00 e. The summed E-state index contributed by atoms with van der Waals surface area (Å²) in [6.07, 6.45) is 0.167. The van der Waals surface area contributed by atoms with Crippen LogP contribution < -0.4 is 0 Å². The van der Waals surface area contributed by atoms with Crippen molar-refractivity contribution >= 4 is 23.1 Å². The number of carbonyl (C=O) groups excluding carboxylic acids is 4. The molecule has 0 aromatic heterocycles. The molecule has 0 bridgehead atoms. The van der Waals surface area contributed by atoms with Gasteiger partial charge in [-0.15, -0.1) is 0 Å². The van der Waals surface area contributed by atoms with Crippen LogP contribution in [0.15, 0.2) is 0 Å². The molecule has 0 amide bonds. The van der Waals surface area contributed by atoms with Crippen LogP contribution in [0.3, 0.4) is 0 Å². The van der Waals surface area contributed by atoms with Crippen LogP contribution in [0.4, 0.5) is 0 Å². The Bertz CT molecular complexity index is 196. The predicted octanol–water partition coefficient (Wildman–Crippen LogP) is 1.11. The predicted molar refractivity (Wildman–Crippen MR) is 52.0 cm³/mol. The molecule has 0 fully saturated rings. The van der Waals surface area contributed by atoms with Crippen LogP contribution in [0.1, 0.15) is 40.5 Å². The topological polar surface area (TPSA) is 68.3 Å². The smallest absolute Gasteiger partial charge is 0.300 e. The van der Waals surface area contributed by atoms with Crippen molar-refractivity contribution in [1.82, 2.24) is 0 Å². The number of hydrogen-bond acceptors (Lipinski definition) is 4. The fourth-order valence-electron chi connectivity index (χ4n) is 0.701. The molecule has 0 spiro atoms. The van der Waals surface area contributed by atoms with Gasteiger partial charge in [-0.05, 0) is 27.7 Å². The van der Waals surface area contributed by atoms with Crippen molar-refractivity contribution in [2.75, 3.05) is 0 Å². The van der Waals surface area contributed by atoms with Gasteiger partial charge in [0.05, 0.1) is 12.8 Å². The van der Waals surface area contributed by atoms with E-state index in [1.165, 1.54) is 27.7 Å². The second kappa shape index (κ2) is 11.6. The summed E-state index contributed by atoms with van der Waals surface area (Å²) in [5, 5.41) is 0. The maximum atomic E-state index is 10.0. The van der Waals surface area contributed by atoms with Crippen molar-refractivity contribution in [3.05, 3.63) is 0 Å². The summed E-state index contributed by atoms with van der Waals surface area (Å²) in [6.45, 7) is 5.62. The minimum absolute atomic E-state index is 0. The zero-order valence-corrected chi connectivity index (χ0v) is 12.0. The maximum Gasteiger partial charge on any atom is 4.00 e. The average Bonchev–Trinajstić information content (AvgIpc) is 1.79. The molecule has 4 nitrogen and oxygen atoms in total. The van der Waals surface area contributed by atoms with Gasteiger partial charge < -0.3 is 0 Å². The maximum absolute atomic E-state index is 10.0. The van der Waals surface area contributed by atoms with E-state index in [9.17, 15) is 19.2 Å². The molecule has 80 valence electrons. The minimum atomic E-state index is -0.0625. The van der Waals surface area contributed by atoms with Crippen LogP contribution in [0.2, 0.25) is 0 Å². The fourth-order valence-corrected chi connectivity index (χ4v) is 0.701. The Morgan fingerprint density at radius 3 is 0.733 bits per heavy atom. The summed E-state index contributed by atoms with van der Waals surface area (Å²) in [5.74, 6) is -0.250. The summed E-state index contributed by atoms with van der Waals surface area (Å²) in [4.78, 5) is 40.1. The van der Waals surface area contributed by atoms with E-state index in [2.05, 4.69) is 0 Å².